The average Bonchev–Trinajstić information content (AvgIpc) is 2.65. The van der Waals surface area contributed by atoms with E-state index < -0.39 is 6.10 Å². The first-order valence-corrected chi connectivity index (χ1v) is 8.71. The van der Waals surface area contributed by atoms with Gasteiger partial charge in [-0.15, -0.1) is 24.8 Å². The molecule has 9 heteroatoms. The minimum Gasteiger partial charge on any atom is -0.491 e. The Kier molecular flexibility index (Phi) is 13.4. The van der Waals surface area contributed by atoms with Crippen LogP contribution >= 0.6 is 24.8 Å². The molecule has 0 aliphatic carbocycles. The molecule has 0 aromatic heterocycles. The lowest BCUT2D eigenvalue weighted by molar-refractivity contribution is -0.135. The molecule has 0 spiro atoms. The second-order valence-corrected chi connectivity index (χ2v) is 6.26. The molecule has 1 aliphatic rings. The normalized spacial score (nSPS) is 16.6. The van der Waals surface area contributed by atoms with Gasteiger partial charge in [-0.05, 0) is 12.1 Å². The molecule has 1 heterocycles. The Morgan fingerprint density at radius 2 is 1.81 bits per heavy atom. The maximum absolute atomic E-state index is 12.2. The molecule has 1 saturated heterocycles. The van der Waals surface area contributed by atoms with Gasteiger partial charge < -0.3 is 25.2 Å². The van der Waals surface area contributed by atoms with E-state index in [4.69, 9.17) is 15.2 Å². The summed E-state index contributed by atoms with van der Waals surface area (Å²) in [6.45, 7) is 3.95. The molecule has 1 fully saturated rings. The van der Waals surface area contributed by atoms with E-state index in [0.29, 0.717) is 32.6 Å². The number of halogens is 2. The van der Waals surface area contributed by atoms with Crippen LogP contribution in [0.2, 0.25) is 0 Å². The zero-order valence-electron chi connectivity index (χ0n) is 15.7. The highest BCUT2D eigenvalue weighted by atomic mass is 35.5. The molecular formula is C18H31Cl2N3O4. The number of carbonyl (C=O) groups is 1. The molecule has 1 aromatic rings. The number of rotatable bonds is 9. The zero-order valence-corrected chi connectivity index (χ0v) is 17.3. The van der Waals surface area contributed by atoms with Crippen molar-refractivity contribution in [3.8, 4) is 5.75 Å². The fourth-order valence-electron chi connectivity index (χ4n) is 2.83. The lowest BCUT2D eigenvalue weighted by Crippen LogP contribution is -2.51. The third-order valence-corrected chi connectivity index (χ3v) is 4.38. The Morgan fingerprint density at radius 3 is 2.37 bits per heavy atom. The molecule has 2 atom stereocenters. The van der Waals surface area contributed by atoms with Crippen LogP contribution in [0.1, 0.15) is 6.42 Å². The van der Waals surface area contributed by atoms with E-state index in [9.17, 15) is 9.90 Å². The Hall–Kier alpha value is -1.09. The maximum Gasteiger partial charge on any atom is 0.225 e. The van der Waals surface area contributed by atoms with Crippen LogP contribution in [0.25, 0.3) is 0 Å². The van der Waals surface area contributed by atoms with Crippen molar-refractivity contribution < 1.29 is 19.4 Å². The van der Waals surface area contributed by atoms with Crippen LogP contribution in [0.4, 0.5) is 0 Å². The number of nitrogens with two attached hydrogens (primary N) is 1. The number of aliphatic hydroxyl groups excluding tert-OH is 1. The molecule has 1 aliphatic heterocycles. The number of benzene rings is 1. The molecule has 2 rings (SSSR count). The number of hydrogen-bond acceptors (Lipinski definition) is 6. The summed E-state index contributed by atoms with van der Waals surface area (Å²) in [5.74, 6) is 0.828. The summed E-state index contributed by atoms with van der Waals surface area (Å²) >= 11 is 0. The summed E-state index contributed by atoms with van der Waals surface area (Å²) in [5.41, 5.74) is 5.56. The van der Waals surface area contributed by atoms with Gasteiger partial charge in [0.25, 0.3) is 0 Å². The number of carbonyl (C=O) groups excluding carboxylic acids is 1. The van der Waals surface area contributed by atoms with Gasteiger partial charge in [0, 0.05) is 46.4 Å². The summed E-state index contributed by atoms with van der Waals surface area (Å²) in [4.78, 5) is 16.2. The molecule has 0 radical (unpaired) electrons. The van der Waals surface area contributed by atoms with E-state index in [1.807, 2.05) is 35.2 Å². The summed E-state index contributed by atoms with van der Waals surface area (Å²) in [6.07, 6.45) is -0.458. The van der Waals surface area contributed by atoms with Gasteiger partial charge in [-0.1, -0.05) is 18.2 Å². The number of aliphatic hydroxyl groups is 1. The first-order chi connectivity index (χ1) is 12.1. The average molecular weight is 424 g/mol. The molecule has 2 unspecified atom stereocenters. The van der Waals surface area contributed by atoms with Gasteiger partial charge in [0.15, 0.2) is 0 Å². The van der Waals surface area contributed by atoms with Crippen molar-refractivity contribution >= 4 is 30.7 Å². The number of amides is 1. The van der Waals surface area contributed by atoms with E-state index in [-0.39, 0.29) is 43.4 Å². The zero-order chi connectivity index (χ0) is 18.1. The highest BCUT2D eigenvalue weighted by Gasteiger charge is 2.24. The van der Waals surface area contributed by atoms with Gasteiger partial charge in [0.05, 0.1) is 12.5 Å². The van der Waals surface area contributed by atoms with E-state index in [1.165, 1.54) is 0 Å². The minimum absolute atomic E-state index is 0. The predicted molar refractivity (Wildman–Crippen MR) is 110 cm³/mol. The van der Waals surface area contributed by atoms with Crippen molar-refractivity contribution in [1.29, 1.82) is 0 Å². The van der Waals surface area contributed by atoms with Crippen molar-refractivity contribution in [2.75, 3.05) is 53.0 Å². The van der Waals surface area contributed by atoms with Crippen molar-refractivity contribution in [2.24, 2.45) is 5.73 Å². The van der Waals surface area contributed by atoms with E-state index >= 15 is 0 Å². The molecule has 0 saturated carbocycles. The summed E-state index contributed by atoms with van der Waals surface area (Å²) < 4.78 is 10.7. The highest BCUT2D eigenvalue weighted by Crippen LogP contribution is 2.10. The number of para-hydroxylation sites is 1. The molecule has 0 bridgehead atoms. The smallest absolute Gasteiger partial charge is 0.225 e. The van der Waals surface area contributed by atoms with Crippen LogP contribution in [-0.4, -0.2) is 86.0 Å². The summed E-state index contributed by atoms with van der Waals surface area (Å²) in [5, 5.41) is 10.1. The van der Waals surface area contributed by atoms with Crippen LogP contribution in [0.5, 0.6) is 5.75 Å². The van der Waals surface area contributed by atoms with Crippen LogP contribution in [0.15, 0.2) is 30.3 Å². The van der Waals surface area contributed by atoms with Gasteiger partial charge in [0.2, 0.25) is 5.91 Å². The molecule has 27 heavy (non-hydrogen) atoms. The molecule has 7 nitrogen and oxygen atoms in total. The Balaban J connectivity index is 0.00000338. The monoisotopic (exact) mass is 423 g/mol. The molecule has 1 aromatic carbocycles. The van der Waals surface area contributed by atoms with E-state index in [1.54, 1.807) is 7.11 Å². The number of piperazine rings is 1. The van der Waals surface area contributed by atoms with Crippen LogP contribution < -0.4 is 10.5 Å². The van der Waals surface area contributed by atoms with Crippen molar-refractivity contribution in [3.05, 3.63) is 30.3 Å². The number of nitrogens with zero attached hydrogens (tertiary/aromatic N) is 2. The van der Waals surface area contributed by atoms with Crippen molar-refractivity contribution in [1.82, 2.24) is 9.80 Å². The quantitative estimate of drug-likeness (QED) is 0.609. The fraction of sp³-hybridized carbons (Fsp3) is 0.611. The van der Waals surface area contributed by atoms with Crippen molar-refractivity contribution in [3.63, 3.8) is 0 Å². The van der Waals surface area contributed by atoms with Gasteiger partial charge >= 0.3 is 0 Å². The Labute approximate surface area is 173 Å². The van der Waals surface area contributed by atoms with Crippen molar-refractivity contribution in [2.45, 2.75) is 18.6 Å². The Morgan fingerprint density at radius 1 is 1.19 bits per heavy atom. The van der Waals surface area contributed by atoms with Crippen LogP contribution in [-0.2, 0) is 9.53 Å². The van der Waals surface area contributed by atoms with Gasteiger partial charge in [-0.2, -0.15) is 0 Å². The summed E-state index contributed by atoms with van der Waals surface area (Å²) in [7, 11) is 1.57. The fourth-order valence-corrected chi connectivity index (χ4v) is 2.83. The van der Waals surface area contributed by atoms with Gasteiger partial charge in [-0.25, -0.2) is 0 Å². The van der Waals surface area contributed by atoms with Crippen LogP contribution in [0.3, 0.4) is 0 Å². The molecular weight excluding hydrogens is 393 g/mol. The lowest BCUT2D eigenvalue weighted by atomic mass is 10.2. The Bertz CT molecular complexity index is 513. The second-order valence-electron chi connectivity index (χ2n) is 6.26. The van der Waals surface area contributed by atoms with E-state index in [2.05, 4.69) is 4.90 Å². The number of β-amino-alcohol motifs (C(OH)–C–C–N with tert-alkyl or cyclic N) is 1. The highest BCUT2D eigenvalue weighted by molar-refractivity contribution is 5.85. The number of methoxy groups -OCH3 is 1. The predicted octanol–water partition coefficient (Wildman–Crippen LogP) is 0.778. The first kappa shape index (κ1) is 25.9. The largest absolute Gasteiger partial charge is 0.491 e. The van der Waals surface area contributed by atoms with Gasteiger partial charge in [-0.3, -0.25) is 9.69 Å². The molecule has 3 N–H and O–H groups in total. The maximum atomic E-state index is 12.2. The standard InChI is InChI=1S/C18H29N3O4.2ClH/c1-24-17(12-19)11-18(23)21-9-7-20(8-10-21)13-15(22)14-25-16-5-3-2-4-6-16;;/h2-6,15,17,22H,7-14,19H2,1H3;2*1H. The molecule has 156 valence electrons. The number of ether oxygens (including phenoxy) is 2. The second kappa shape index (κ2) is 14.0. The minimum atomic E-state index is -0.558. The van der Waals surface area contributed by atoms with E-state index in [0.717, 1.165) is 18.8 Å². The number of hydrogen-bond donors (Lipinski definition) is 2. The lowest BCUT2D eigenvalue weighted by Gasteiger charge is -2.36. The molecule has 1 amide bonds. The van der Waals surface area contributed by atoms with Crippen LogP contribution in [0, 0.1) is 0 Å². The van der Waals surface area contributed by atoms with Gasteiger partial charge in [0.1, 0.15) is 18.5 Å². The summed E-state index contributed by atoms with van der Waals surface area (Å²) in [6, 6.07) is 9.46. The third kappa shape index (κ3) is 9.10. The topological polar surface area (TPSA) is 88.3 Å². The first-order valence-electron chi connectivity index (χ1n) is 8.71. The third-order valence-electron chi connectivity index (χ3n) is 4.38. The SMILES string of the molecule is COC(CN)CC(=O)N1CCN(CC(O)COc2ccccc2)CC1.Cl.Cl.